The first-order valence-corrected chi connectivity index (χ1v) is 10.9. The second kappa shape index (κ2) is 8.37. The normalized spacial score (nSPS) is 11.3. The molecule has 0 saturated heterocycles. The van der Waals surface area contributed by atoms with Crippen LogP contribution in [0.4, 0.5) is 0 Å². The van der Waals surface area contributed by atoms with Crippen molar-refractivity contribution in [1.29, 1.82) is 0 Å². The summed E-state index contributed by atoms with van der Waals surface area (Å²) in [6.07, 6.45) is 0. The molecule has 0 unspecified atom stereocenters. The van der Waals surface area contributed by atoms with Crippen LogP contribution in [0.15, 0.2) is 70.0 Å². The molecule has 0 radical (unpaired) electrons. The molecule has 0 aliphatic heterocycles. The second-order valence-corrected chi connectivity index (χ2v) is 9.01. The first-order chi connectivity index (χ1) is 13.3. The van der Waals surface area contributed by atoms with Gasteiger partial charge < -0.3 is 8.92 Å². The third-order valence-corrected chi connectivity index (χ3v) is 6.35. The van der Waals surface area contributed by atoms with Crippen molar-refractivity contribution in [1.82, 2.24) is 0 Å². The van der Waals surface area contributed by atoms with Crippen LogP contribution in [0.1, 0.15) is 22.3 Å². The summed E-state index contributed by atoms with van der Waals surface area (Å²) in [7, 11) is -3.90. The third kappa shape index (κ3) is 4.75. The van der Waals surface area contributed by atoms with Gasteiger partial charge in [0.1, 0.15) is 23.0 Å². The van der Waals surface area contributed by atoms with Gasteiger partial charge in [-0.2, -0.15) is 8.42 Å². The monoisotopic (exact) mass is 460 g/mol. The van der Waals surface area contributed by atoms with Gasteiger partial charge >= 0.3 is 10.1 Å². The van der Waals surface area contributed by atoms with Crippen LogP contribution in [-0.2, 0) is 16.7 Å². The maximum Gasteiger partial charge on any atom is 0.339 e. The van der Waals surface area contributed by atoms with E-state index in [9.17, 15) is 8.42 Å². The van der Waals surface area contributed by atoms with E-state index in [1.807, 2.05) is 39.0 Å². The first kappa shape index (κ1) is 20.4. The maximum atomic E-state index is 12.5. The summed E-state index contributed by atoms with van der Waals surface area (Å²) in [6.45, 7) is 6.17. The van der Waals surface area contributed by atoms with Crippen LogP contribution in [0.5, 0.6) is 11.5 Å². The molecular formula is C22H21BrO4S. The Kier molecular flexibility index (Phi) is 6.10. The molecular weight excluding hydrogens is 440 g/mol. The van der Waals surface area contributed by atoms with Crippen molar-refractivity contribution in [2.75, 3.05) is 0 Å². The molecule has 0 amide bonds. The Bertz CT molecular complexity index is 1070. The van der Waals surface area contributed by atoms with Crippen molar-refractivity contribution in [3.8, 4) is 11.5 Å². The predicted molar refractivity (Wildman–Crippen MR) is 113 cm³/mol. The summed E-state index contributed by atoms with van der Waals surface area (Å²) in [5.41, 5.74) is 3.86. The molecule has 6 heteroatoms. The summed E-state index contributed by atoms with van der Waals surface area (Å²) < 4.78 is 37.1. The second-order valence-electron chi connectivity index (χ2n) is 6.61. The number of rotatable bonds is 6. The van der Waals surface area contributed by atoms with Crippen molar-refractivity contribution in [3.63, 3.8) is 0 Å². The highest BCUT2D eigenvalue weighted by molar-refractivity contribution is 9.10. The number of benzene rings is 3. The lowest BCUT2D eigenvalue weighted by molar-refractivity contribution is 0.301. The van der Waals surface area contributed by atoms with Crippen molar-refractivity contribution in [2.24, 2.45) is 0 Å². The van der Waals surface area contributed by atoms with E-state index < -0.39 is 10.1 Å². The van der Waals surface area contributed by atoms with Crippen LogP contribution >= 0.6 is 15.9 Å². The van der Waals surface area contributed by atoms with E-state index in [-0.39, 0.29) is 17.3 Å². The SMILES string of the molecule is Cc1ccc(S(=O)(=O)Oc2ccc(Br)c(COc3c(C)cccc3C)c2)cc1. The van der Waals surface area contributed by atoms with Crippen molar-refractivity contribution < 1.29 is 17.3 Å². The van der Waals surface area contributed by atoms with Crippen LogP contribution in [0.25, 0.3) is 0 Å². The molecule has 0 aliphatic carbocycles. The quantitative estimate of drug-likeness (QED) is 0.441. The van der Waals surface area contributed by atoms with Crippen LogP contribution in [0.3, 0.4) is 0 Å². The minimum atomic E-state index is -3.90. The molecule has 0 spiro atoms. The van der Waals surface area contributed by atoms with Gasteiger partial charge in [-0.1, -0.05) is 51.8 Å². The van der Waals surface area contributed by atoms with E-state index in [1.54, 1.807) is 30.3 Å². The lowest BCUT2D eigenvalue weighted by Crippen LogP contribution is -2.10. The Morgan fingerprint density at radius 1 is 0.893 bits per heavy atom. The predicted octanol–water partition coefficient (Wildman–Crippen LogP) is 5.72. The maximum absolute atomic E-state index is 12.5. The van der Waals surface area contributed by atoms with E-state index in [1.165, 1.54) is 12.1 Å². The summed E-state index contributed by atoms with van der Waals surface area (Å²) in [5.74, 6) is 1.07. The smallest absolute Gasteiger partial charge is 0.339 e. The Hall–Kier alpha value is -2.31. The van der Waals surface area contributed by atoms with Gasteiger partial charge in [-0.3, -0.25) is 0 Å². The van der Waals surface area contributed by atoms with Gasteiger partial charge in [-0.05, 0) is 62.2 Å². The number of hydrogen-bond acceptors (Lipinski definition) is 4. The van der Waals surface area contributed by atoms with Crippen molar-refractivity contribution >= 4 is 26.0 Å². The van der Waals surface area contributed by atoms with E-state index in [0.717, 1.165) is 32.5 Å². The van der Waals surface area contributed by atoms with Gasteiger partial charge in [-0.25, -0.2) is 0 Å². The van der Waals surface area contributed by atoms with Gasteiger partial charge in [0.05, 0.1) is 0 Å². The number of aryl methyl sites for hydroxylation is 3. The van der Waals surface area contributed by atoms with Gasteiger partial charge in [0.25, 0.3) is 0 Å². The fourth-order valence-corrected chi connectivity index (χ4v) is 4.05. The number of halogens is 1. The molecule has 0 heterocycles. The standard InChI is InChI=1S/C22H21BrO4S/c1-15-7-10-20(11-8-15)28(24,25)27-19-9-12-21(23)18(13-19)14-26-22-16(2)5-4-6-17(22)3/h4-13H,14H2,1-3H3. The van der Waals surface area contributed by atoms with Crippen molar-refractivity contribution in [2.45, 2.75) is 32.3 Å². The minimum absolute atomic E-state index is 0.120. The third-order valence-electron chi connectivity index (χ3n) is 4.31. The zero-order valence-electron chi connectivity index (χ0n) is 15.9. The number of hydrogen-bond donors (Lipinski definition) is 0. The Morgan fingerprint density at radius 2 is 1.54 bits per heavy atom. The Labute approximate surface area is 174 Å². The average molecular weight is 461 g/mol. The lowest BCUT2D eigenvalue weighted by atomic mass is 10.1. The highest BCUT2D eigenvalue weighted by Crippen LogP contribution is 2.28. The van der Waals surface area contributed by atoms with Crippen molar-refractivity contribution in [3.05, 3.63) is 87.4 Å². The molecule has 28 heavy (non-hydrogen) atoms. The van der Waals surface area contributed by atoms with Crippen LogP contribution in [-0.4, -0.2) is 8.42 Å². The molecule has 0 saturated carbocycles. The topological polar surface area (TPSA) is 52.6 Å². The molecule has 3 aromatic carbocycles. The largest absolute Gasteiger partial charge is 0.488 e. The van der Waals surface area contributed by atoms with E-state index >= 15 is 0 Å². The average Bonchev–Trinajstić information content (AvgIpc) is 2.64. The number of ether oxygens (including phenoxy) is 1. The van der Waals surface area contributed by atoms with Crippen LogP contribution in [0, 0.1) is 20.8 Å². The molecule has 4 nitrogen and oxygen atoms in total. The Morgan fingerprint density at radius 3 is 2.18 bits per heavy atom. The van der Waals surface area contributed by atoms with Gasteiger partial charge in [0.15, 0.2) is 0 Å². The highest BCUT2D eigenvalue weighted by atomic mass is 79.9. The Balaban J connectivity index is 1.80. The van der Waals surface area contributed by atoms with E-state index in [4.69, 9.17) is 8.92 Å². The summed E-state index contributed by atoms with van der Waals surface area (Å²) in [5, 5.41) is 0. The molecule has 0 aromatic heterocycles. The van der Waals surface area contributed by atoms with Gasteiger partial charge in [0, 0.05) is 10.0 Å². The summed E-state index contributed by atoms with van der Waals surface area (Å²) in [6, 6.07) is 17.5. The molecule has 0 atom stereocenters. The zero-order valence-corrected chi connectivity index (χ0v) is 18.3. The lowest BCUT2D eigenvalue weighted by Gasteiger charge is -2.14. The molecule has 3 rings (SSSR count). The summed E-state index contributed by atoms with van der Waals surface area (Å²) in [4.78, 5) is 0.120. The van der Waals surface area contributed by atoms with Crippen LogP contribution in [0.2, 0.25) is 0 Å². The molecule has 0 aliphatic rings. The number of para-hydroxylation sites is 1. The minimum Gasteiger partial charge on any atom is -0.488 e. The highest BCUT2D eigenvalue weighted by Gasteiger charge is 2.17. The molecule has 0 N–H and O–H groups in total. The van der Waals surface area contributed by atoms with Crippen LogP contribution < -0.4 is 8.92 Å². The van der Waals surface area contributed by atoms with E-state index in [2.05, 4.69) is 15.9 Å². The fourth-order valence-electron chi connectivity index (χ4n) is 2.77. The fraction of sp³-hybridized carbons (Fsp3) is 0.182. The molecule has 3 aromatic rings. The molecule has 0 fully saturated rings. The van der Waals surface area contributed by atoms with Gasteiger partial charge in [0.2, 0.25) is 0 Å². The molecule has 146 valence electrons. The first-order valence-electron chi connectivity index (χ1n) is 8.75. The zero-order chi connectivity index (χ0) is 20.3. The van der Waals surface area contributed by atoms with Gasteiger partial charge in [-0.15, -0.1) is 0 Å². The molecule has 0 bridgehead atoms. The van der Waals surface area contributed by atoms with E-state index in [0.29, 0.717) is 0 Å². The summed E-state index contributed by atoms with van der Waals surface area (Å²) >= 11 is 3.49.